The Morgan fingerprint density at radius 3 is 2.89 bits per heavy atom. The molecule has 0 saturated heterocycles. The summed E-state index contributed by atoms with van der Waals surface area (Å²) in [6.07, 6.45) is 0. The van der Waals surface area contributed by atoms with Crippen molar-refractivity contribution in [2.45, 2.75) is 20.5 Å². The van der Waals surface area contributed by atoms with Crippen LogP contribution >= 0.6 is 0 Å². The third-order valence-electron chi connectivity index (χ3n) is 3.17. The summed E-state index contributed by atoms with van der Waals surface area (Å²) in [5.41, 5.74) is 2.61. The molecule has 1 aliphatic heterocycles. The van der Waals surface area contributed by atoms with Crippen molar-refractivity contribution in [3.8, 4) is 17.9 Å². The Kier molecular flexibility index (Phi) is 3.79. The fourth-order valence-corrected chi connectivity index (χ4v) is 1.95. The van der Waals surface area contributed by atoms with E-state index in [1.54, 1.807) is 0 Å². The van der Waals surface area contributed by atoms with Crippen LogP contribution in [-0.4, -0.2) is 20.2 Å². The van der Waals surface area contributed by atoms with E-state index in [0.29, 0.717) is 6.61 Å². The molecule has 0 spiro atoms. The molecule has 1 aromatic rings. The highest BCUT2D eigenvalue weighted by molar-refractivity contribution is 5.60. The number of rotatable bonds is 0. The third-order valence-corrected chi connectivity index (χ3v) is 3.17. The maximum atomic E-state index is 9.01. The van der Waals surface area contributed by atoms with E-state index in [1.807, 2.05) is 26.0 Å². The van der Waals surface area contributed by atoms with E-state index in [1.165, 1.54) is 5.69 Å². The van der Waals surface area contributed by atoms with Gasteiger partial charge in [-0.1, -0.05) is 17.9 Å². The van der Waals surface area contributed by atoms with Crippen LogP contribution in [0.4, 0.5) is 5.69 Å². The lowest BCUT2D eigenvalue weighted by molar-refractivity contribution is 0.132. The van der Waals surface area contributed by atoms with Gasteiger partial charge in [0.05, 0.1) is 19.3 Å². The Balaban J connectivity index is 2.44. The van der Waals surface area contributed by atoms with Crippen LogP contribution in [0.2, 0.25) is 0 Å². The molecule has 1 aromatic carbocycles. The fourth-order valence-electron chi connectivity index (χ4n) is 1.95. The highest BCUT2D eigenvalue weighted by atomic mass is 16.5. The Morgan fingerprint density at radius 2 is 2.16 bits per heavy atom. The van der Waals surface area contributed by atoms with E-state index in [0.717, 1.165) is 24.3 Å². The van der Waals surface area contributed by atoms with Crippen molar-refractivity contribution in [1.29, 1.82) is 5.26 Å². The molecule has 0 amide bonds. The Labute approximate surface area is 114 Å². The molecule has 3 heteroatoms. The lowest BCUT2D eigenvalue weighted by Gasteiger charge is -2.18. The van der Waals surface area contributed by atoms with Crippen LogP contribution in [0.1, 0.15) is 25.0 Å². The number of hydrogen-bond donors (Lipinski definition) is 0. The molecule has 2 rings (SSSR count). The average molecular weight is 254 g/mol. The number of likely N-dealkylation sites (N-methyl/N-ethyl adjacent to an activating group) is 1. The van der Waals surface area contributed by atoms with Crippen molar-refractivity contribution in [3.05, 3.63) is 29.3 Å². The summed E-state index contributed by atoms with van der Waals surface area (Å²) in [7, 11) is 2.06. The minimum atomic E-state index is -0.625. The van der Waals surface area contributed by atoms with Gasteiger partial charge < -0.3 is 9.64 Å². The summed E-state index contributed by atoms with van der Waals surface area (Å²) < 4.78 is 5.62. The third kappa shape index (κ3) is 3.08. The highest BCUT2D eigenvalue weighted by Gasteiger charge is 2.16. The molecule has 98 valence electrons. The van der Waals surface area contributed by atoms with Gasteiger partial charge in [0.2, 0.25) is 0 Å². The SMILES string of the molecule is CN1CCOCc2c(C#CC(C)(C)C#N)cccc21. The van der Waals surface area contributed by atoms with E-state index >= 15 is 0 Å². The van der Waals surface area contributed by atoms with Crippen LogP contribution in [0.5, 0.6) is 0 Å². The number of ether oxygens (including phenoxy) is 1. The van der Waals surface area contributed by atoms with Crippen LogP contribution in [0.25, 0.3) is 0 Å². The molecule has 0 aromatic heterocycles. The van der Waals surface area contributed by atoms with Crippen molar-refractivity contribution < 1.29 is 4.74 Å². The van der Waals surface area contributed by atoms with Gasteiger partial charge in [-0.05, 0) is 26.0 Å². The van der Waals surface area contributed by atoms with Gasteiger partial charge in [-0.15, -0.1) is 0 Å². The summed E-state index contributed by atoms with van der Waals surface area (Å²) in [4.78, 5) is 2.18. The van der Waals surface area contributed by atoms with E-state index in [9.17, 15) is 0 Å². The number of fused-ring (bicyclic) bond motifs is 1. The van der Waals surface area contributed by atoms with Gasteiger partial charge in [0.15, 0.2) is 0 Å². The van der Waals surface area contributed by atoms with Gasteiger partial charge in [-0.2, -0.15) is 5.26 Å². The molecule has 0 unspecified atom stereocenters. The molecular weight excluding hydrogens is 236 g/mol. The maximum absolute atomic E-state index is 9.01. The summed E-state index contributed by atoms with van der Waals surface area (Å²) in [6.45, 7) is 5.83. The molecule has 1 aliphatic rings. The quantitative estimate of drug-likeness (QED) is 0.668. The van der Waals surface area contributed by atoms with Gasteiger partial charge in [-0.3, -0.25) is 0 Å². The smallest absolute Gasteiger partial charge is 0.112 e. The zero-order chi connectivity index (χ0) is 13.9. The monoisotopic (exact) mass is 254 g/mol. The van der Waals surface area contributed by atoms with Crippen molar-refractivity contribution in [2.75, 3.05) is 25.1 Å². The summed E-state index contributed by atoms with van der Waals surface area (Å²) in [5, 5.41) is 9.01. The molecule has 0 bridgehead atoms. The van der Waals surface area contributed by atoms with Crippen LogP contribution in [0.15, 0.2) is 18.2 Å². The van der Waals surface area contributed by atoms with E-state index in [2.05, 4.69) is 35.9 Å². The van der Waals surface area contributed by atoms with Crippen molar-refractivity contribution in [3.63, 3.8) is 0 Å². The molecule has 1 heterocycles. The van der Waals surface area contributed by atoms with Gasteiger partial charge in [0, 0.05) is 30.4 Å². The van der Waals surface area contributed by atoms with E-state index in [-0.39, 0.29) is 0 Å². The second-order valence-electron chi connectivity index (χ2n) is 5.26. The topological polar surface area (TPSA) is 36.3 Å². The molecule has 0 atom stereocenters. The molecule has 0 aliphatic carbocycles. The first-order valence-corrected chi connectivity index (χ1v) is 6.39. The van der Waals surface area contributed by atoms with Gasteiger partial charge in [0.25, 0.3) is 0 Å². The number of anilines is 1. The predicted octanol–water partition coefficient (Wildman–Crippen LogP) is 2.55. The second-order valence-corrected chi connectivity index (χ2v) is 5.26. The van der Waals surface area contributed by atoms with Crippen LogP contribution in [0.3, 0.4) is 0 Å². The van der Waals surface area contributed by atoms with E-state index < -0.39 is 5.41 Å². The van der Waals surface area contributed by atoms with Gasteiger partial charge in [-0.25, -0.2) is 0 Å². The first-order chi connectivity index (χ1) is 9.03. The Hall–Kier alpha value is -1.97. The minimum absolute atomic E-state index is 0.581. The lowest BCUT2D eigenvalue weighted by atomic mass is 9.95. The summed E-state index contributed by atoms with van der Waals surface area (Å²) >= 11 is 0. The predicted molar refractivity (Wildman–Crippen MR) is 75.6 cm³/mol. The van der Waals surface area contributed by atoms with Crippen LogP contribution < -0.4 is 4.90 Å². The number of hydrogen-bond acceptors (Lipinski definition) is 3. The van der Waals surface area contributed by atoms with Crippen molar-refractivity contribution in [2.24, 2.45) is 5.41 Å². The van der Waals surface area contributed by atoms with Crippen LogP contribution in [-0.2, 0) is 11.3 Å². The van der Waals surface area contributed by atoms with Crippen molar-refractivity contribution in [1.82, 2.24) is 0 Å². The molecule has 0 saturated carbocycles. The summed E-state index contributed by atoms with van der Waals surface area (Å²) in [5.74, 6) is 6.16. The van der Waals surface area contributed by atoms with Crippen molar-refractivity contribution >= 4 is 5.69 Å². The molecule has 0 N–H and O–H groups in total. The molecular formula is C16H18N2O. The van der Waals surface area contributed by atoms with Gasteiger partial charge in [0.1, 0.15) is 5.41 Å². The number of nitrogens with zero attached hydrogens (tertiary/aromatic N) is 2. The fraction of sp³-hybridized carbons (Fsp3) is 0.438. The molecule has 19 heavy (non-hydrogen) atoms. The lowest BCUT2D eigenvalue weighted by Crippen LogP contribution is -2.20. The first-order valence-electron chi connectivity index (χ1n) is 6.39. The summed E-state index contributed by atoms with van der Waals surface area (Å²) in [6, 6.07) is 8.28. The first kappa shape index (κ1) is 13.5. The normalized spacial score (nSPS) is 14.7. The maximum Gasteiger partial charge on any atom is 0.112 e. The van der Waals surface area contributed by atoms with Gasteiger partial charge >= 0.3 is 0 Å². The number of benzene rings is 1. The zero-order valence-electron chi connectivity index (χ0n) is 11.7. The zero-order valence-corrected chi connectivity index (χ0v) is 11.7. The molecule has 0 fully saturated rings. The Bertz CT molecular complexity index is 573. The molecule has 0 radical (unpaired) electrons. The second kappa shape index (κ2) is 5.34. The average Bonchev–Trinajstić information content (AvgIpc) is 2.59. The van der Waals surface area contributed by atoms with E-state index in [4.69, 9.17) is 10.00 Å². The standard InChI is InChI=1S/C16H18N2O/c1-16(2,12-17)8-7-13-5-4-6-15-14(13)11-19-10-9-18(15)3/h4-6H,9-11H2,1-3H3. The van der Waals surface area contributed by atoms with Crippen LogP contribution in [0, 0.1) is 28.6 Å². The minimum Gasteiger partial charge on any atom is -0.375 e. The highest BCUT2D eigenvalue weighted by Crippen LogP contribution is 2.26. The largest absolute Gasteiger partial charge is 0.375 e. The molecule has 3 nitrogen and oxygen atoms in total. The Morgan fingerprint density at radius 1 is 1.37 bits per heavy atom. The number of nitriles is 1.